The highest BCUT2D eigenvalue weighted by atomic mass is 16.5. The number of carbonyl (C=O) groups excluding carboxylic acids is 1. The van der Waals surface area contributed by atoms with Crippen LogP contribution in [0.3, 0.4) is 0 Å². The van der Waals surface area contributed by atoms with E-state index in [0.717, 1.165) is 20.9 Å². The summed E-state index contributed by atoms with van der Waals surface area (Å²) in [5.74, 6) is -0.0998. The molecule has 0 aliphatic carbocycles. The average molecular weight is 489 g/mol. The number of carbonyl (C=O) groups is 1. The van der Waals surface area contributed by atoms with Gasteiger partial charge in [-0.2, -0.15) is 0 Å². The van der Waals surface area contributed by atoms with Crippen LogP contribution in [0.4, 0.5) is 0 Å². The maximum Gasteiger partial charge on any atom is 0.333 e. The van der Waals surface area contributed by atoms with Crippen molar-refractivity contribution in [3.8, 4) is 23.1 Å². The van der Waals surface area contributed by atoms with Crippen LogP contribution < -0.4 is 20.7 Å². The number of hydrogen-bond acceptors (Lipinski definition) is 8. The molecule has 11 heteroatoms. The van der Waals surface area contributed by atoms with Crippen LogP contribution in [0, 0.1) is 0 Å². The number of rotatable bonds is 8. The van der Waals surface area contributed by atoms with E-state index in [1.807, 2.05) is 24.3 Å². The second kappa shape index (κ2) is 10.1. The second-order valence-corrected chi connectivity index (χ2v) is 7.82. The van der Waals surface area contributed by atoms with Gasteiger partial charge in [-0.05, 0) is 35.9 Å². The monoisotopic (exact) mass is 489 g/mol. The summed E-state index contributed by atoms with van der Waals surface area (Å²) >= 11 is 0. The van der Waals surface area contributed by atoms with Gasteiger partial charge >= 0.3 is 5.69 Å². The van der Waals surface area contributed by atoms with Crippen molar-refractivity contribution in [1.82, 2.24) is 24.1 Å². The highest BCUT2D eigenvalue weighted by Crippen LogP contribution is 2.18. The van der Waals surface area contributed by atoms with Crippen LogP contribution >= 0.6 is 0 Å². The van der Waals surface area contributed by atoms with E-state index < -0.39 is 28.5 Å². The first-order chi connectivity index (χ1) is 17.3. The lowest BCUT2D eigenvalue weighted by Crippen LogP contribution is -2.39. The van der Waals surface area contributed by atoms with Crippen molar-refractivity contribution in [2.24, 2.45) is 14.1 Å². The molecule has 4 rings (SSSR count). The fraction of sp³-hybridized carbons (Fsp3) is 0.160. The minimum atomic E-state index is -0.864. The Bertz CT molecular complexity index is 1560. The summed E-state index contributed by atoms with van der Waals surface area (Å²) in [6, 6.07) is 14.3. The fourth-order valence-corrected chi connectivity index (χ4v) is 3.38. The summed E-state index contributed by atoms with van der Waals surface area (Å²) < 4.78 is 14.2. The predicted molar refractivity (Wildman–Crippen MR) is 131 cm³/mol. The van der Waals surface area contributed by atoms with Crippen molar-refractivity contribution >= 4 is 11.9 Å². The third kappa shape index (κ3) is 4.94. The Balaban J connectivity index is 1.40. The van der Waals surface area contributed by atoms with Gasteiger partial charge in [-0.25, -0.2) is 9.48 Å². The molecular weight excluding hydrogens is 466 g/mol. The number of hydrogen-bond donors (Lipinski definition) is 1. The molecule has 0 amide bonds. The lowest BCUT2D eigenvalue weighted by Gasteiger charge is -2.08. The summed E-state index contributed by atoms with van der Waals surface area (Å²) in [5, 5.41) is 18.3. The highest BCUT2D eigenvalue weighted by Gasteiger charge is 2.19. The first-order valence-electron chi connectivity index (χ1n) is 10.8. The van der Waals surface area contributed by atoms with Crippen LogP contribution in [0.2, 0.25) is 0 Å². The van der Waals surface area contributed by atoms with Gasteiger partial charge in [0.25, 0.3) is 5.56 Å². The number of aromatic nitrogens is 5. The van der Waals surface area contributed by atoms with Crippen LogP contribution in [0.1, 0.15) is 21.6 Å². The van der Waals surface area contributed by atoms with Crippen LogP contribution in [0.15, 0.2) is 70.4 Å². The van der Waals surface area contributed by atoms with E-state index in [1.54, 1.807) is 42.3 Å². The maximum absolute atomic E-state index is 12.5. The molecule has 11 nitrogen and oxygen atoms in total. The summed E-state index contributed by atoms with van der Waals surface area (Å²) in [5.41, 5.74) is 0.0427. The van der Waals surface area contributed by atoms with Gasteiger partial charge in [-0.1, -0.05) is 29.5 Å². The molecular formula is C25H23N5O6. The van der Waals surface area contributed by atoms with Crippen molar-refractivity contribution in [2.75, 3.05) is 7.11 Å². The number of methoxy groups -OCH3 is 1. The molecule has 2 aromatic heterocycles. The number of ether oxygens (including phenoxy) is 2. The standard InChI is InChI=1S/C25H23N5O6/c1-28-23(32)22(24(33)29(2)25(28)34)21(31)12-9-16-7-10-19(11-8-16)36-15-17-14-30(27-26-17)18-5-4-6-20(13-18)35-3/h4-14,32H,15H2,1-3H3/b12-9+. The zero-order valence-electron chi connectivity index (χ0n) is 19.8. The summed E-state index contributed by atoms with van der Waals surface area (Å²) in [7, 11) is 4.11. The third-order valence-corrected chi connectivity index (χ3v) is 5.43. The molecule has 0 spiro atoms. The van der Waals surface area contributed by atoms with Crippen LogP contribution in [0.25, 0.3) is 11.8 Å². The average Bonchev–Trinajstić information content (AvgIpc) is 3.38. The number of benzene rings is 2. The molecule has 0 saturated heterocycles. The number of nitrogens with zero attached hydrogens (tertiary/aromatic N) is 5. The fourth-order valence-electron chi connectivity index (χ4n) is 3.38. The molecule has 2 aromatic carbocycles. The SMILES string of the molecule is COc1cccc(-n2cc(COc3ccc(/C=C/C(=O)c4c(O)n(C)c(=O)n(C)c4=O)cc3)nn2)c1. The zero-order chi connectivity index (χ0) is 25.8. The quantitative estimate of drug-likeness (QED) is 0.293. The first kappa shape index (κ1) is 24.2. The Morgan fingerprint density at radius 2 is 1.81 bits per heavy atom. The molecule has 0 saturated carbocycles. The predicted octanol–water partition coefficient (Wildman–Crippen LogP) is 1.85. The molecule has 0 aliphatic heterocycles. The van der Waals surface area contributed by atoms with Crippen molar-refractivity contribution in [3.63, 3.8) is 0 Å². The molecule has 0 bridgehead atoms. The van der Waals surface area contributed by atoms with Crippen molar-refractivity contribution < 1.29 is 19.4 Å². The Morgan fingerprint density at radius 3 is 2.53 bits per heavy atom. The zero-order valence-corrected chi connectivity index (χ0v) is 19.8. The molecule has 0 radical (unpaired) electrons. The third-order valence-electron chi connectivity index (χ3n) is 5.43. The van der Waals surface area contributed by atoms with Gasteiger partial charge in [0.05, 0.1) is 19.0 Å². The van der Waals surface area contributed by atoms with Crippen LogP contribution in [-0.4, -0.2) is 42.1 Å². The maximum atomic E-state index is 12.5. The Kier molecular flexibility index (Phi) is 6.81. The van der Waals surface area contributed by atoms with Gasteiger partial charge in [0.1, 0.15) is 29.4 Å². The highest BCUT2D eigenvalue weighted by molar-refractivity contribution is 6.08. The van der Waals surface area contributed by atoms with E-state index in [9.17, 15) is 19.5 Å². The molecule has 0 fully saturated rings. The van der Waals surface area contributed by atoms with E-state index in [4.69, 9.17) is 9.47 Å². The number of ketones is 1. The second-order valence-electron chi connectivity index (χ2n) is 7.82. The summed E-state index contributed by atoms with van der Waals surface area (Å²) in [6.07, 6.45) is 4.42. The van der Waals surface area contributed by atoms with Crippen molar-refractivity contribution in [2.45, 2.75) is 6.61 Å². The Morgan fingerprint density at radius 1 is 1.06 bits per heavy atom. The van der Waals surface area contributed by atoms with Gasteiger partial charge in [0, 0.05) is 20.2 Å². The van der Waals surface area contributed by atoms with E-state index in [1.165, 1.54) is 20.2 Å². The Hall–Kier alpha value is -4.93. The van der Waals surface area contributed by atoms with Gasteiger partial charge in [-0.15, -0.1) is 5.10 Å². The van der Waals surface area contributed by atoms with Gasteiger partial charge in [-0.3, -0.25) is 18.7 Å². The molecule has 2 heterocycles. The Labute approximate surface area is 205 Å². The molecule has 1 N–H and O–H groups in total. The first-order valence-corrected chi connectivity index (χ1v) is 10.8. The van der Waals surface area contributed by atoms with Crippen LogP contribution in [-0.2, 0) is 20.7 Å². The summed E-state index contributed by atoms with van der Waals surface area (Å²) in [4.78, 5) is 36.6. The minimum absolute atomic E-state index is 0.201. The lowest BCUT2D eigenvalue weighted by atomic mass is 10.1. The smallest absolute Gasteiger partial charge is 0.333 e. The van der Waals surface area contributed by atoms with Crippen molar-refractivity contribution in [3.05, 3.63) is 98.5 Å². The molecule has 0 unspecified atom stereocenters. The van der Waals surface area contributed by atoms with Gasteiger partial charge in [0.2, 0.25) is 5.88 Å². The van der Waals surface area contributed by atoms with E-state index in [0.29, 0.717) is 22.8 Å². The van der Waals surface area contributed by atoms with Gasteiger partial charge in [0.15, 0.2) is 5.78 Å². The topological polar surface area (TPSA) is 130 Å². The van der Waals surface area contributed by atoms with E-state index >= 15 is 0 Å². The number of aromatic hydroxyl groups is 1. The minimum Gasteiger partial charge on any atom is -0.497 e. The molecule has 184 valence electrons. The van der Waals surface area contributed by atoms with Crippen molar-refractivity contribution in [1.29, 1.82) is 0 Å². The number of allylic oxidation sites excluding steroid dienone is 1. The largest absolute Gasteiger partial charge is 0.497 e. The molecule has 36 heavy (non-hydrogen) atoms. The van der Waals surface area contributed by atoms with E-state index in [-0.39, 0.29) is 6.61 Å². The lowest BCUT2D eigenvalue weighted by molar-refractivity contribution is 0.104. The molecule has 0 atom stereocenters. The van der Waals surface area contributed by atoms with Gasteiger partial charge < -0.3 is 14.6 Å². The normalized spacial score (nSPS) is 11.1. The summed E-state index contributed by atoms with van der Waals surface area (Å²) in [6.45, 7) is 0.201. The van der Waals surface area contributed by atoms with E-state index in [2.05, 4.69) is 10.3 Å². The molecule has 4 aromatic rings. The molecule has 0 aliphatic rings. The van der Waals surface area contributed by atoms with Crippen LogP contribution in [0.5, 0.6) is 17.4 Å².